The quantitative estimate of drug-likeness (QED) is 0.823. The van der Waals surface area contributed by atoms with Crippen molar-refractivity contribution in [2.45, 2.75) is 59.0 Å². The Kier molecular flexibility index (Phi) is 5.42. The molecule has 2 aromatic rings. The first-order valence-corrected chi connectivity index (χ1v) is 9.38. The molecule has 2 N–H and O–H groups in total. The molecule has 0 saturated heterocycles. The molecule has 0 bridgehead atoms. The molecule has 1 unspecified atom stereocenters. The van der Waals surface area contributed by atoms with E-state index in [1.807, 2.05) is 24.3 Å². The van der Waals surface area contributed by atoms with Gasteiger partial charge in [-0.3, -0.25) is 0 Å². The van der Waals surface area contributed by atoms with Gasteiger partial charge in [0.15, 0.2) is 0 Å². The fraction of sp³-hybridized carbons (Fsp3) is 0.429. The summed E-state index contributed by atoms with van der Waals surface area (Å²) in [5.41, 5.74) is 3.03. The van der Waals surface area contributed by atoms with E-state index in [4.69, 9.17) is 0 Å². The lowest BCUT2D eigenvalue weighted by Gasteiger charge is -2.27. The van der Waals surface area contributed by atoms with E-state index in [-0.39, 0.29) is 17.4 Å². The topological polar surface area (TPSA) is 40.5 Å². The summed E-state index contributed by atoms with van der Waals surface area (Å²) < 4.78 is 0. The predicted molar refractivity (Wildman–Crippen MR) is 105 cm³/mol. The maximum absolute atomic E-state index is 10.9. The monoisotopic (exact) mass is 344 g/mol. The second-order valence-corrected chi connectivity index (χ2v) is 9.69. The minimum absolute atomic E-state index is 0.0173. The molecule has 2 rings (SSSR count). The second kappa shape index (κ2) is 6.86. The van der Waals surface area contributed by atoms with E-state index < -0.39 is 0 Å². The first kappa shape index (κ1) is 19.0. The number of aliphatic hydroxyl groups is 1. The highest BCUT2D eigenvalue weighted by Crippen LogP contribution is 2.36. The Balaban J connectivity index is 2.60. The molecule has 0 aliphatic rings. The normalized spacial score (nSPS) is 13.0. The van der Waals surface area contributed by atoms with E-state index in [2.05, 4.69) is 53.7 Å². The van der Waals surface area contributed by atoms with Crippen molar-refractivity contribution in [2.75, 3.05) is 0 Å². The van der Waals surface area contributed by atoms with E-state index >= 15 is 0 Å². The molecule has 130 valence electrons. The maximum atomic E-state index is 10.9. The molecule has 0 saturated carbocycles. The van der Waals surface area contributed by atoms with Crippen LogP contribution in [0.25, 0.3) is 0 Å². The molecule has 0 spiro atoms. The number of phenolic OH excluding ortho intramolecular Hbond substituents is 1. The van der Waals surface area contributed by atoms with E-state index in [1.54, 1.807) is 0 Å². The maximum Gasteiger partial charge on any atom is 0.127 e. The molecular formula is C21H29O2P. The van der Waals surface area contributed by atoms with Crippen molar-refractivity contribution in [3.63, 3.8) is 0 Å². The predicted octanol–water partition coefficient (Wildman–Crippen LogP) is 4.11. The summed E-state index contributed by atoms with van der Waals surface area (Å²) in [7, 11) is 0.322. The fourth-order valence-electron chi connectivity index (χ4n) is 2.66. The van der Waals surface area contributed by atoms with E-state index in [1.165, 1.54) is 5.56 Å². The number of hydrogen-bond donors (Lipinski definition) is 2. The van der Waals surface area contributed by atoms with Crippen LogP contribution >= 0.6 is 8.58 Å². The van der Waals surface area contributed by atoms with Gasteiger partial charge in [-0.2, -0.15) is 0 Å². The van der Waals surface area contributed by atoms with Crippen LogP contribution in [0, 0.1) is 0 Å². The van der Waals surface area contributed by atoms with Crippen LogP contribution in [-0.2, 0) is 17.4 Å². The number of phenols is 1. The average Bonchev–Trinajstić information content (AvgIpc) is 2.47. The summed E-state index contributed by atoms with van der Waals surface area (Å²) in [6.45, 7) is 13.0. The van der Waals surface area contributed by atoms with Crippen LogP contribution in [0.2, 0.25) is 0 Å². The smallest absolute Gasteiger partial charge is 0.127 e. The van der Waals surface area contributed by atoms with Crippen LogP contribution in [0.3, 0.4) is 0 Å². The van der Waals surface area contributed by atoms with Crippen LogP contribution in [0.15, 0.2) is 36.4 Å². The van der Waals surface area contributed by atoms with Crippen LogP contribution in [0.1, 0.15) is 58.2 Å². The molecule has 3 heteroatoms. The Morgan fingerprint density at radius 3 is 2.04 bits per heavy atom. The third-order valence-electron chi connectivity index (χ3n) is 4.24. The highest BCUT2D eigenvalue weighted by Gasteiger charge is 2.25. The highest BCUT2D eigenvalue weighted by atomic mass is 31.1. The van der Waals surface area contributed by atoms with Gasteiger partial charge in [-0.1, -0.05) is 80.5 Å². The Morgan fingerprint density at radius 1 is 0.875 bits per heavy atom. The van der Waals surface area contributed by atoms with E-state index in [0.717, 1.165) is 21.7 Å². The SMILES string of the molecule is CC(C)(C)c1cc(Pc2ccccc2CO)c(O)c(C(C)(C)C)c1. The van der Waals surface area contributed by atoms with Crippen molar-refractivity contribution in [2.24, 2.45) is 0 Å². The van der Waals surface area contributed by atoms with Crippen molar-refractivity contribution in [1.82, 2.24) is 0 Å². The lowest BCUT2D eigenvalue weighted by molar-refractivity contribution is 0.283. The van der Waals surface area contributed by atoms with Gasteiger partial charge in [-0.15, -0.1) is 0 Å². The molecular weight excluding hydrogens is 315 g/mol. The van der Waals surface area contributed by atoms with Gasteiger partial charge in [0.1, 0.15) is 5.75 Å². The molecule has 0 radical (unpaired) electrons. The van der Waals surface area contributed by atoms with Crippen LogP contribution in [0.5, 0.6) is 5.75 Å². The van der Waals surface area contributed by atoms with Crippen molar-refractivity contribution in [3.8, 4) is 5.75 Å². The molecule has 2 aromatic carbocycles. The molecule has 0 heterocycles. The Morgan fingerprint density at radius 2 is 1.50 bits per heavy atom. The van der Waals surface area contributed by atoms with Gasteiger partial charge in [0.2, 0.25) is 0 Å². The van der Waals surface area contributed by atoms with Crippen molar-refractivity contribution in [1.29, 1.82) is 0 Å². The lowest BCUT2D eigenvalue weighted by atomic mass is 9.80. The van der Waals surface area contributed by atoms with Gasteiger partial charge < -0.3 is 10.2 Å². The number of benzene rings is 2. The van der Waals surface area contributed by atoms with Gasteiger partial charge in [-0.25, -0.2) is 0 Å². The second-order valence-electron chi connectivity index (χ2n) is 8.36. The zero-order valence-corrected chi connectivity index (χ0v) is 16.6. The van der Waals surface area contributed by atoms with E-state index in [9.17, 15) is 10.2 Å². The zero-order chi connectivity index (χ0) is 18.1. The van der Waals surface area contributed by atoms with Gasteiger partial charge in [-0.05, 0) is 33.3 Å². The molecule has 0 aromatic heterocycles. The van der Waals surface area contributed by atoms with Crippen LogP contribution in [-0.4, -0.2) is 10.2 Å². The zero-order valence-electron chi connectivity index (χ0n) is 15.6. The third kappa shape index (κ3) is 4.18. The van der Waals surface area contributed by atoms with E-state index in [0.29, 0.717) is 14.3 Å². The minimum atomic E-state index is -0.124. The third-order valence-corrected chi connectivity index (χ3v) is 5.65. The average molecular weight is 344 g/mol. The summed E-state index contributed by atoms with van der Waals surface area (Å²) in [6, 6.07) is 12.2. The molecule has 1 atom stereocenters. The summed E-state index contributed by atoms with van der Waals surface area (Å²) in [5.74, 6) is 0.390. The Labute approximate surface area is 147 Å². The molecule has 0 aliphatic heterocycles. The van der Waals surface area contributed by atoms with Crippen LogP contribution < -0.4 is 10.6 Å². The summed E-state index contributed by atoms with van der Waals surface area (Å²) in [4.78, 5) is 0. The van der Waals surface area contributed by atoms with Crippen molar-refractivity contribution in [3.05, 3.63) is 53.1 Å². The highest BCUT2D eigenvalue weighted by molar-refractivity contribution is 7.55. The van der Waals surface area contributed by atoms with Gasteiger partial charge in [0.25, 0.3) is 0 Å². The number of aromatic hydroxyl groups is 1. The van der Waals surface area contributed by atoms with Crippen LogP contribution in [0.4, 0.5) is 0 Å². The summed E-state index contributed by atoms with van der Waals surface area (Å²) >= 11 is 0. The summed E-state index contributed by atoms with van der Waals surface area (Å²) in [5, 5.41) is 22.5. The Hall–Kier alpha value is -1.37. The largest absolute Gasteiger partial charge is 0.507 e. The molecule has 0 aliphatic carbocycles. The molecule has 2 nitrogen and oxygen atoms in total. The lowest BCUT2D eigenvalue weighted by Crippen LogP contribution is -2.21. The molecule has 24 heavy (non-hydrogen) atoms. The first-order valence-electron chi connectivity index (χ1n) is 8.38. The van der Waals surface area contributed by atoms with Gasteiger partial charge >= 0.3 is 0 Å². The van der Waals surface area contributed by atoms with Crippen molar-refractivity contribution >= 4 is 19.2 Å². The van der Waals surface area contributed by atoms with Gasteiger partial charge in [0, 0.05) is 10.9 Å². The summed E-state index contributed by atoms with van der Waals surface area (Å²) in [6.07, 6.45) is 0. The standard InChI is InChI=1S/C21H29O2P/c1-20(2,3)15-11-16(21(4,5)6)19(23)18(12-15)24-17-10-8-7-9-14(17)13-22/h7-12,22-24H,13H2,1-6H3. The fourth-order valence-corrected chi connectivity index (χ4v) is 3.93. The molecule has 0 fully saturated rings. The minimum Gasteiger partial charge on any atom is -0.507 e. The molecule has 0 amide bonds. The Bertz CT molecular complexity index is 722. The number of hydrogen-bond acceptors (Lipinski definition) is 2. The number of aliphatic hydroxyl groups excluding tert-OH is 1. The number of rotatable bonds is 3. The van der Waals surface area contributed by atoms with Gasteiger partial charge in [0.05, 0.1) is 6.61 Å². The first-order chi connectivity index (χ1) is 11.0. The van der Waals surface area contributed by atoms with Crippen molar-refractivity contribution < 1.29 is 10.2 Å².